The Morgan fingerprint density at radius 3 is 2.40 bits per heavy atom. The van der Waals surface area contributed by atoms with Crippen LogP contribution in [-0.2, 0) is 0 Å². The zero-order chi connectivity index (χ0) is 11.3. The van der Waals surface area contributed by atoms with Crippen LogP contribution in [0.1, 0.15) is 34.1 Å². The lowest BCUT2D eigenvalue weighted by molar-refractivity contribution is -0.168. The largest absolute Gasteiger partial charge is 0.396 e. The molecule has 0 spiro atoms. The second kappa shape index (κ2) is 3.44. The minimum Gasteiger partial charge on any atom is -0.396 e. The van der Waals surface area contributed by atoms with Crippen LogP contribution in [0.25, 0.3) is 0 Å². The third-order valence-corrected chi connectivity index (χ3v) is 4.96. The molecule has 0 radical (unpaired) electrons. The molecule has 0 aromatic carbocycles. The van der Waals surface area contributed by atoms with Gasteiger partial charge in [0.25, 0.3) is 0 Å². The van der Waals surface area contributed by atoms with Gasteiger partial charge >= 0.3 is 0 Å². The van der Waals surface area contributed by atoms with Crippen molar-refractivity contribution in [3.05, 3.63) is 0 Å². The van der Waals surface area contributed by atoms with Crippen LogP contribution in [0.3, 0.4) is 0 Å². The van der Waals surface area contributed by atoms with Gasteiger partial charge < -0.3 is 5.11 Å². The molecule has 3 rings (SSSR count). The fourth-order valence-corrected chi connectivity index (χ4v) is 3.61. The molecule has 3 heteroatoms. The molecule has 3 heterocycles. The van der Waals surface area contributed by atoms with E-state index in [9.17, 15) is 5.11 Å². The van der Waals surface area contributed by atoms with Crippen molar-refractivity contribution in [3.63, 3.8) is 0 Å². The van der Waals surface area contributed by atoms with Gasteiger partial charge in [-0.2, -0.15) is 0 Å². The van der Waals surface area contributed by atoms with E-state index in [2.05, 4.69) is 37.5 Å². The average molecular weight is 212 g/mol. The van der Waals surface area contributed by atoms with Crippen LogP contribution in [0.5, 0.6) is 0 Å². The van der Waals surface area contributed by atoms with E-state index in [1.54, 1.807) is 0 Å². The molecule has 3 nitrogen and oxygen atoms in total. The van der Waals surface area contributed by atoms with E-state index >= 15 is 0 Å². The highest BCUT2D eigenvalue weighted by atomic mass is 16.3. The maximum Gasteiger partial charge on any atom is 0.0449 e. The molecule has 0 aromatic heterocycles. The molecule has 0 amide bonds. The average Bonchev–Trinajstić information content (AvgIpc) is 2.15. The standard InChI is InChI=1S/C12H24N2O/c1-10-9-13-6-7-14(10)11(2,3)12(13,4)5-8-15/h10,15H,5-9H2,1-4H3. The van der Waals surface area contributed by atoms with Gasteiger partial charge in [-0.15, -0.1) is 0 Å². The summed E-state index contributed by atoms with van der Waals surface area (Å²) in [6.45, 7) is 13.0. The minimum atomic E-state index is 0.131. The lowest BCUT2D eigenvalue weighted by Crippen LogP contribution is -2.79. The van der Waals surface area contributed by atoms with Crippen LogP contribution in [-0.4, -0.2) is 58.3 Å². The molecule has 0 saturated carbocycles. The van der Waals surface area contributed by atoms with Crippen LogP contribution >= 0.6 is 0 Å². The molecular weight excluding hydrogens is 188 g/mol. The van der Waals surface area contributed by atoms with Gasteiger partial charge in [0.2, 0.25) is 0 Å². The second-order valence-electron chi connectivity index (χ2n) is 5.79. The number of fused-ring (bicyclic) bond motifs is 3. The quantitative estimate of drug-likeness (QED) is 0.737. The first-order valence-corrected chi connectivity index (χ1v) is 6.06. The summed E-state index contributed by atoms with van der Waals surface area (Å²) in [6.07, 6.45) is 0.878. The SMILES string of the molecule is CC1CN2CCN1C(C)(C)C2(C)CCO. The van der Waals surface area contributed by atoms with Crippen molar-refractivity contribution in [2.75, 3.05) is 26.2 Å². The third-order valence-electron chi connectivity index (χ3n) is 4.96. The Morgan fingerprint density at radius 2 is 1.93 bits per heavy atom. The van der Waals surface area contributed by atoms with Gasteiger partial charge in [0.1, 0.15) is 0 Å². The maximum absolute atomic E-state index is 9.26. The van der Waals surface area contributed by atoms with Crippen molar-refractivity contribution >= 4 is 0 Å². The zero-order valence-electron chi connectivity index (χ0n) is 10.5. The molecule has 3 saturated heterocycles. The van der Waals surface area contributed by atoms with Gasteiger partial charge in [-0.05, 0) is 34.1 Å². The monoisotopic (exact) mass is 212 g/mol. The maximum atomic E-state index is 9.26. The van der Waals surface area contributed by atoms with Gasteiger partial charge in [-0.1, -0.05) is 0 Å². The van der Waals surface area contributed by atoms with Gasteiger partial charge in [-0.3, -0.25) is 9.80 Å². The highest BCUT2D eigenvalue weighted by Gasteiger charge is 2.56. The highest BCUT2D eigenvalue weighted by molar-refractivity contribution is 5.13. The lowest BCUT2D eigenvalue weighted by atomic mass is 9.71. The Labute approximate surface area is 93.1 Å². The summed E-state index contributed by atoms with van der Waals surface area (Å²) in [5.41, 5.74) is 0.304. The fourth-order valence-electron chi connectivity index (χ4n) is 3.61. The summed E-state index contributed by atoms with van der Waals surface area (Å²) >= 11 is 0. The molecule has 0 aliphatic carbocycles. The number of rotatable bonds is 2. The molecule has 88 valence electrons. The van der Waals surface area contributed by atoms with Crippen LogP contribution in [0.2, 0.25) is 0 Å². The molecule has 0 aromatic rings. The van der Waals surface area contributed by atoms with Crippen molar-refractivity contribution in [2.24, 2.45) is 0 Å². The van der Waals surface area contributed by atoms with E-state index < -0.39 is 0 Å². The predicted molar refractivity (Wildman–Crippen MR) is 61.9 cm³/mol. The number of hydrogen-bond donors (Lipinski definition) is 1. The van der Waals surface area contributed by atoms with Crippen molar-refractivity contribution in [2.45, 2.75) is 51.2 Å². The number of aliphatic hydroxyl groups excluding tert-OH is 1. The number of aliphatic hydroxyl groups is 1. The number of piperazine rings is 3. The first-order chi connectivity index (χ1) is 6.93. The molecule has 3 aliphatic heterocycles. The van der Waals surface area contributed by atoms with Gasteiger partial charge in [0, 0.05) is 43.4 Å². The summed E-state index contributed by atoms with van der Waals surface area (Å²) in [5, 5.41) is 9.26. The molecular formula is C12H24N2O. The van der Waals surface area contributed by atoms with E-state index in [-0.39, 0.29) is 11.1 Å². The summed E-state index contributed by atoms with van der Waals surface area (Å²) in [7, 11) is 0. The summed E-state index contributed by atoms with van der Waals surface area (Å²) < 4.78 is 0. The molecule has 3 aliphatic rings. The van der Waals surface area contributed by atoms with Crippen molar-refractivity contribution in [3.8, 4) is 0 Å². The van der Waals surface area contributed by atoms with E-state index in [4.69, 9.17) is 0 Å². The van der Waals surface area contributed by atoms with Crippen molar-refractivity contribution < 1.29 is 5.11 Å². The highest BCUT2D eigenvalue weighted by Crippen LogP contribution is 2.44. The molecule has 3 fully saturated rings. The first-order valence-electron chi connectivity index (χ1n) is 6.06. The van der Waals surface area contributed by atoms with E-state index in [0.29, 0.717) is 12.6 Å². The zero-order valence-corrected chi connectivity index (χ0v) is 10.5. The third kappa shape index (κ3) is 1.37. The van der Waals surface area contributed by atoms with Crippen molar-refractivity contribution in [1.29, 1.82) is 0 Å². The Kier molecular flexibility index (Phi) is 2.61. The van der Waals surface area contributed by atoms with E-state index in [1.165, 1.54) is 6.54 Å². The smallest absolute Gasteiger partial charge is 0.0449 e. The van der Waals surface area contributed by atoms with E-state index in [1.807, 2.05) is 0 Å². The Hall–Kier alpha value is -0.120. The van der Waals surface area contributed by atoms with Gasteiger partial charge in [0.15, 0.2) is 0 Å². The molecule has 1 N–H and O–H groups in total. The Balaban J connectivity index is 2.32. The second-order valence-corrected chi connectivity index (χ2v) is 5.79. The number of hydrogen-bond acceptors (Lipinski definition) is 3. The normalized spacial score (nSPS) is 48.2. The topological polar surface area (TPSA) is 26.7 Å². The molecule has 4 unspecified atom stereocenters. The fraction of sp³-hybridized carbons (Fsp3) is 1.00. The molecule has 15 heavy (non-hydrogen) atoms. The summed E-state index contributed by atoms with van der Waals surface area (Å²) in [5.74, 6) is 0. The lowest BCUT2D eigenvalue weighted by Gasteiger charge is -2.67. The predicted octanol–water partition coefficient (Wildman–Crippen LogP) is 0.926. The van der Waals surface area contributed by atoms with Gasteiger partial charge in [-0.25, -0.2) is 0 Å². The molecule has 4 atom stereocenters. The van der Waals surface area contributed by atoms with Gasteiger partial charge in [0.05, 0.1) is 0 Å². The van der Waals surface area contributed by atoms with Crippen LogP contribution in [0.4, 0.5) is 0 Å². The van der Waals surface area contributed by atoms with Crippen LogP contribution < -0.4 is 0 Å². The Morgan fingerprint density at radius 1 is 1.27 bits per heavy atom. The van der Waals surface area contributed by atoms with Crippen molar-refractivity contribution in [1.82, 2.24) is 9.80 Å². The first kappa shape index (κ1) is 11.4. The summed E-state index contributed by atoms with van der Waals surface area (Å²) in [4.78, 5) is 5.19. The van der Waals surface area contributed by atoms with E-state index in [0.717, 1.165) is 19.5 Å². The molecule has 2 bridgehead atoms. The van der Waals surface area contributed by atoms with Crippen LogP contribution in [0.15, 0.2) is 0 Å². The Bertz CT molecular complexity index is 254. The van der Waals surface area contributed by atoms with Crippen LogP contribution in [0, 0.1) is 0 Å². The number of nitrogens with zero attached hydrogens (tertiary/aromatic N) is 2. The summed E-state index contributed by atoms with van der Waals surface area (Å²) in [6, 6.07) is 0.653. The minimum absolute atomic E-state index is 0.131.